The van der Waals surface area contributed by atoms with Gasteiger partial charge in [-0.2, -0.15) is 17.0 Å². The number of H-pyrrole nitrogens is 1. The van der Waals surface area contributed by atoms with Crippen LogP contribution >= 0.6 is 0 Å². The van der Waals surface area contributed by atoms with Crippen LogP contribution in [0.5, 0.6) is 0 Å². The van der Waals surface area contributed by atoms with Gasteiger partial charge >= 0.3 is 0 Å². The summed E-state index contributed by atoms with van der Waals surface area (Å²) in [6.07, 6.45) is 4.72. The molecule has 0 radical (unpaired) electrons. The van der Waals surface area contributed by atoms with E-state index < -0.39 is 10.2 Å². The summed E-state index contributed by atoms with van der Waals surface area (Å²) >= 11 is 0. The van der Waals surface area contributed by atoms with Gasteiger partial charge in [-0.3, -0.25) is 0 Å². The van der Waals surface area contributed by atoms with E-state index in [1.54, 1.807) is 8.61 Å². The van der Waals surface area contributed by atoms with Gasteiger partial charge in [-0.1, -0.05) is 19.1 Å². The van der Waals surface area contributed by atoms with Crippen molar-refractivity contribution in [3.8, 4) is 0 Å². The lowest BCUT2D eigenvalue weighted by atomic mass is 9.96. The smallest absolute Gasteiger partial charge is 0.281 e. The molecule has 7 heteroatoms. The lowest BCUT2D eigenvalue weighted by Gasteiger charge is -2.37. The number of imidazole rings is 1. The highest BCUT2D eigenvalue weighted by molar-refractivity contribution is 7.86. The normalized spacial score (nSPS) is 24.3. The first-order valence-corrected chi connectivity index (χ1v) is 11.1. The predicted molar refractivity (Wildman–Crippen MR) is 103 cm³/mol. The SMILES string of the molecule is CC1CCN(S(=O)(=O)N2CCC[C@H](Cc3nc4ccccc4[nH]3)C2)CC1. The Balaban J connectivity index is 1.43. The first kappa shape index (κ1) is 17.9. The number of aromatic amines is 1. The summed E-state index contributed by atoms with van der Waals surface area (Å²) in [4.78, 5) is 8.03. The van der Waals surface area contributed by atoms with Crippen molar-refractivity contribution in [3.63, 3.8) is 0 Å². The number of para-hydroxylation sites is 2. The van der Waals surface area contributed by atoms with Gasteiger partial charge in [0, 0.05) is 32.6 Å². The van der Waals surface area contributed by atoms with Crippen LogP contribution in [0.4, 0.5) is 0 Å². The maximum absolute atomic E-state index is 13.0. The van der Waals surface area contributed by atoms with Gasteiger partial charge in [0.05, 0.1) is 11.0 Å². The van der Waals surface area contributed by atoms with E-state index in [9.17, 15) is 8.42 Å². The maximum Gasteiger partial charge on any atom is 0.281 e. The van der Waals surface area contributed by atoms with Crippen LogP contribution in [0.2, 0.25) is 0 Å². The Morgan fingerprint density at radius 3 is 2.65 bits per heavy atom. The van der Waals surface area contributed by atoms with Crippen LogP contribution in [0.1, 0.15) is 38.4 Å². The molecule has 142 valence electrons. The molecule has 2 aliphatic heterocycles. The highest BCUT2D eigenvalue weighted by Crippen LogP contribution is 2.26. The van der Waals surface area contributed by atoms with E-state index in [0.29, 0.717) is 38.0 Å². The first-order valence-electron chi connectivity index (χ1n) is 9.71. The number of piperidine rings is 2. The molecule has 1 atom stereocenters. The largest absolute Gasteiger partial charge is 0.342 e. The zero-order valence-electron chi connectivity index (χ0n) is 15.4. The standard InChI is InChI=1S/C19H28N4O2S/c1-15-8-11-22(12-9-15)26(24,25)23-10-4-5-16(14-23)13-19-20-17-6-2-3-7-18(17)21-19/h2-3,6-7,15-16H,4-5,8-14H2,1H3,(H,20,21)/t16-/m1/s1. The van der Waals surface area contributed by atoms with Gasteiger partial charge in [0.25, 0.3) is 10.2 Å². The maximum atomic E-state index is 13.0. The van der Waals surface area contributed by atoms with E-state index in [1.807, 2.05) is 24.3 Å². The molecule has 6 nitrogen and oxygen atoms in total. The Bertz CT molecular complexity index is 822. The van der Waals surface area contributed by atoms with Gasteiger partial charge in [0.15, 0.2) is 0 Å². The Labute approximate surface area is 155 Å². The second-order valence-corrected chi connectivity index (χ2v) is 9.79. The van der Waals surface area contributed by atoms with Crippen molar-refractivity contribution in [2.75, 3.05) is 26.2 Å². The predicted octanol–water partition coefficient (Wildman–Crippen LogP) is 2.79. The van der Waals surface area contributed by atoms with E-state index in [0.717, 1.165) is 49.0 Å². The summed E-state index contributed by atoms with van der Waals surface area (Å²) in [5.41, 5.74) is 2.02. The lowest BCUT2D eigenvalue weighted by molar-refractivity contribution is 0.224. The van der Waals surface area contributed by atoms with Crippen LogP contribution in [0.3, 0.4) is 0 Å². The fourth-order valence-corrected chi connectivity index (χ4v) is 5.92. The van der Waals surface area contributed by atoms with Crippen molar-refractivity contribution < 1.29 is 8.42 Å². The average molecular weight is 377 g/mol. The third-order valence-electron chi connectivity index (χ3n) is 5.80. The summed E-state index contributed by atoms with van der Waals surface area (Å²) in [6, 6.07) is 8.02. The number of fused-ring (bicyclic) bond motifs is 1. The van der Waals surface area contributed by atoms with E-state index in [4.69, 9.17) is 0 Å². The third kappa shape index (κ3) is 3.66. The number of hydrogen-bond acceptors (Lipinski definition) is 3. The number of hydrogen-bond donors (Lipinski definition) is 1. The molecule has 2 saturated heterocycles. The van der Waals surface area contributed by atoms with Crippen LogP contribution in [0, 0.1) is 11.8 Å². The zero-order chi connectivity index (χ0) is 18.1. The summed E-state index contributed by atoms with van der Waals surface area (Å²) in [5, 5.41) is 0. The topological polar surface area (TPSA) is 69.3 Å². The molecule has 0 bridgehead atoms. The minimum Gasteiger partial charge on any atom is -0.342 e. The number of nitrogens with one attached hydrogen (secondary N) is 1. The van der Waals surface area contributed by atoms with Crippen molar-refractivity contribution in [1.82, 2.24) is 18.6 Å². The lowest BCUT2D eigenvalue weighted by Crippen LogP contribution is -2.50. The third-order valence-corrected chi connectivity index (χ3v) is 7.80. The van der Waals surface area contributed by atoms with Crippen LogP contribution in [0.25, 0.3) is 11.0 Å². The molecular weight excluding hydrogens is 348 g/mol. The first-order chi connectivity index (χ1) is 12.5. The van der Waals surface area contributed by atoms with Crippen LogP contribution < -0.4 is 0 Å². The number of benzene rings is 1. The van der Waals surface area contributed by atoms with Crippen LogP contribution in [0.15, 0.2) is 24.3 Å². The fraction of sp³-hybridized carbons (Fsp3) is 0.632. The van der Waals surface area contributed by atoms with Crippen molar-refractivity contribution in [1.29, 1.82) is 0 Å². The van der Waals surface area contributed by atoms with Gasteiger partial charge in [-0.25, -0.2) is 4.98 Å². The van der Waals surface area contributed by atoms with Crippen molar-refractivity contribution in [3.05, 3.63) is 30.1 Å². The molecule has 2 aliphatic rings. The molecule has 0 aliphatic carbocycles. The molecular formula is C19H28N4O2S. The molecule has 0 unspecified atom stereocenters. The molecule has 0 saturated carbocycles. The molecule has 0 spiro atoms. The van der Waals surface area contributed by atoms with Gasteiger partial charge < -0.3 is 4.98 Å². The van der Waals surface area contributed by atoms with Gasteiger partial charge in [0.2, 0.25) is 0 Å². The van der Waals surface area contributed by atoms with E-state index >= 15 is 0 Å². The summed E-state index contributed by atoms with van der Waals surface area (Å²) < 4.78 is 29.4. The summed E-state index contributed by atoms with van der Waals surface area (Å²) in [6.45, 7) is 4.77. The van der Waals surface area contributed by atoms with E-state index in [1.165, 1.54) is 0 Å². The second-order valence-electron chi connectivity index (χ2n) is 7.86. The highest BCUT2D eigenvalue weighted by atomic mass is 32.2. The van der Waals surface area contributed by atoms with Crippen LogP contribution in [-0.4, -0.2) is 53.2 Å². The zero-order valence-corrected chi connectivity index (χ0v) is 16.2. The number of aromatic nitrogens is 2. The molecule has 1 N–H and O–H groups in total. The summed E-state index contributed by atoms with van der Waals surface area (Å²) in [5.74, 6) is 1.91. The molecule has 26 heavy (non-hydrogen) atoms. The number of nitrogens with zero attached hydrogens (tertiary/aromatic N) is 3. The van der Waals surface area contributed by atoms with Gasteiger partial charge in [-0.15, -0.1) is 0 Å². The van der Waals surface area contributed by atoms with Crippen molar-refractivity contribution in [2.45, 2.75) is 39.0 Å². The monoisotopic (exact) mass is 376 g/mol. The quantitative estimate of drug-likeness (QED) is 0.892. The minimum absolute atomic E-state index is 0.322. The Morgan fingerprint density at radius 1 is 1.12 bits per heavy atom. The molecule has 3 heterocycles. The van der Waals surface area contributed by atoms with Crippen molar-refractivity contribution >= 4 is 21.2 Å². The Morgan fingerprint density at radius 2 is 1.88 bits per heavy atom. The second kappa shape index (κ2) is 7.29. The highest BCUT2D eigenvalue weighted by Gasteiger charge is 2.35. The van der Waals surface area contributed by atoms with E-state index in [-0.39, 0.29) is 0 Å². The molecule has 0 amide bonds. The molecule has 1 aromatic carbocycles. The fourth-order valence-electron chi connectivity index (χ4n) is 4.16. The molecule has 1 aromatic heterocycles. The Hall–Kier alpha value is -1.44. The van der Waals surface area contributed by atoms with Gasteiger partial charge in [0.1, 0.15) is 5.82 Å². The molecule has 4 rings (SSSR count). The molecule has 2 aromatic rings. The van der Waals surface area contributed by atoms with E-state index in [2.05, 4.69) is 16.9 Å². The van der Waals surface area contributed by atoms with Gasteiger partial charge in [-0.05, 0) is 49.7 Å². The molecule has 2 fully saturated rings. The number of rotatable bonds is 4. The van der Waals surface area contributed by atoms with Crippen LogP contribution in [-0.2, 0) is 16.6 Å². The average Bonchev–Trinajstić information content (AvgIpc) is 3.04. The minimum atomic E-state index is -3.32. The summed E-state index contributed by atoms with van der Waals surface area (Å²) in [7, 11) is -3.32. The Kier molecular flexibility index (Phi) is 5.03. The van der Waals surface area contributed by atoms with Crippen molar-refractivity contribution in [2.24, 2.45) is 11.8 Å².